The average Bonchev–Trinajstić information content (AvgIpc) is 3.19. The smallest absolute Gasteiger partial charge is 0.279 e. The summed E-state index contributed by atoms with van der Waals surface area (Å²) in [5.74, 6) is -0.645. The minimum absolute atomic E-state index is 0.312. The molecule has 0 N–H and O–H groups in total. The van der Waals surface area contributed by atoms with E-state index in [2.05, 4.69) is 16.6 Å². The van der Waals surface area contributed by atoms with Crippen molar-refractivity contribution in [3.05, 3.63) is 70.7 Å². The molecule has 7 heteroatoms. The predicted octanol–water partition coefficient (Wildman–Crippen LogP) is 4.38. The van der Waals surface area contributed by atoms with E-state index in [9.17, 15) is 9.18 Å². The fourth-order valence-corrected chi connectivity index (χ4v) is 4.36. The normalized spacial score (nSPS) is 12.1. The molecular formula is C18H12FN3OS2. The zero-order valence-corrected chi connectivity index (χ0v) is 14.6. The van der Waals surface area contributed by atoms with Crippen LogP contribution in [-0.4, -0.2) is 15.5 Å². The molecule has 0 fully saturated rings. The molecule has 1 amide bonds. The van der Waals surface area contributed by atoms with Gasteiger partial charge >= 0.3 is 0 Å². The van der Waals surface area contributed by atoms with Gasteiger partial charge in [-0.1, -0.05) is 17.4 Å². The van der Waals surface area contributed by atoms with Crippen LogP contribution in [0.2, 0.25) is 0 Å². The molecule has 4 aromatic rings. The molecule has 4 nitrogen and oxygen atoms in total. The molecule has 0 spiro atoms. The lowest BCUT2D eigenvalue weighted by Crippen LogP contribution is -2.16. The molecule has 0 saturated carbocycles. The fourth-order valence-electron chi connectivity index (χ4n) is 2.58. The van der Waals surface area contributed by atoms with Crippen LogP contribution in [0.4, 0.5) is 4.39 Å². The van der Waals surface area contributed by atoms with Gasteiger partial charge in [0.2, 0.25) is 0 Å². The maximum Gasteiger partial charge on any atom is 0.279 e. The number of rotatable bonds is 3. The highest BCUT2D eigenvalue weighted by Crippen LogP contribution is 2.21. The van der Waals surface area contributed by atoms with Gasteiger partial charge in [-0.3, -0.25) is 4.79 Å². The second-order valence-corrected chi connectivity index (χ2v) is 7.24. The summed E-state index contributed by atoms with van der Waals surface area (Å²) < 4.78 is 17.0. The first-order chi connectivity index (χ1) is 12.2. The van der Waals surface area contributed by atoms with Crippen molar-refractivity contribution < 1.29 is 9.18 Å². The van der Waals surface area contributed by atoms with Crippen LogP contribution in [0, 0.1) is 5.82 Å². The lowest BCUT2D eigenvalue weighted by Gasteiger charge is -2.01. The van der Waals surface area contributed by atoms with Crippen LogP contribution in [0.25, 0.3) is 20.4 Å². The number of nitrogens with zero attached hydrogens (tertiary/aromatic N) is 3. The van der Waals surface area contributed by atoms with Gasteiger partial charge < -0.3 is 4.57 Å². The summed E-state index contributed by atoms with van der Waals surface area (Å²) in [5.41, 5.74) is 3.94. The Morgan fingerprint density at radius 1 is 1.28 bits per heavy atom. The van der Waals surface area contributed by atoms with Crippen LogP contribution in [0.15, 0.2) is 59.6 Å². The first-order valence-electron chi connectivity index (χ1n) is 7.48. The Morgan fingerprint density at radius 3 is 3.00 bits per heavy atom. The zero-order valence-electron chi connectivity index (χ0n) is 13.0. The van der Waals surface area contributed by atoms with Crippen molar-refractivity contribution in [3.63, 3.8) is 0 Å². The van der Waals surface area contributed by atoms with Crippen molar-refractivity contribution in [2.75, 3.05) is 0 Å². The number of amides is 1. The Kier molecular flexibility index (Phi) is 4.03. The molecule has 2 heterocycles. The molecule has 2 aromatic carbocycles. The van der Waals surface area contributed by atoms with Gasteiger partial charge in [0.1, 0.15) is 5.82 Å². The van der Waals surface area contributed by atoms with Crippen molar-refractivity contribution in [2.24, 2.45) is 4.99 Å². The zero-order chi connectivity index (χ0) is 17.4. The summed E-state index contributed by atoms with van der Waals surface area (Å²) in [6.07, 6.45) is 1.72. The van der Waals surface area contributed by atoms with Crippen LogP contribution in [0.3, 0.4) is 0 Å². The number of benzene rings is 2. The Balaban J connectivity index is 1.85. The molecular weight excluding hydrogens is 357 g/mol. The van der Waals surface area contributed by atoms with Crippen molar-refractivity contribution in [2.45, 2.75) is 6.54 Å². The Bertz CT molecular complexity index is 1190. The summed E-state index contributed by atoms with van der Waals surface area (Å²) in [5, 5.41) is 0. The molecule has 2 aromatic heterocycles. The van der Waals surface area contributed by atoms with Crippen molar-refractivity contribution in [3.8, 4) is 0 Å². The molecule has 0 saturated heterocycles. The van der Waals surface area contributed by atoms with Crippen LogP contribution >= 0.6 is 22.7 Å². The summed E-state index contributed by atoms with van der Waals surface area (Å²) in [4.78, 5) is 21.6. The van der Waals surface area contributed by atoms with Crippen molar-refractivity contribution in [1.29, 1.82) is 0 Å². The van der Waals surface area contributed by atoms with E-state index in [1.807, 2.05) is 10.6 Å². The van der Waals surface area contributed by atoms with E-state index < -0.39 is 0 Å². The van der Waals surface area contributed by atoms with E-state index in [0.29, 0.717) is 16.9 Å². The van der Waals surface area contributed by atoms with E-state index in [-0.39, 0.29) is 11.7 Å². The number of halogens is 1. The first-order valence-corrected chi connectivity index (χ1v) is 9.17. The first kappa shape index (κ1) is 15.9. The molecule has 0 unspecified atom stereocenters. The molecule has 25 heavy (non-hydrogen) atoms. The van der Waals surface area contributed by atoms with Gasteiger partial charge in [-0.25, -0.2) is 9.37 Å². The summed E-state index contributed by atoms with van der Waals surface area (Å²) in [7, 11) is 0. The topological polar surface area (TPSA) is 47.2 Å². The Hall–Kier alpha value is -2.64. The van der Waals surface area contributed by atoms with Crippen LogP contribution in [0.5, 0.6) is 0 Å². The molecule has 0 aliphatic heterocycles. The summed E-state index contributed by atoms with van der Waals surface area (Å²) in [6, 6.07) is 9.87. The van der Waals surface area contributed by atoms with E-state index in [0.717, 1.165) is 20.4 Å². The number of allylic oxidation sites excluding steroid dienone is 1. The second kappa shape index (κ2) is 6.34. The monoisotopic (exact) mass is 369 g/mol. The second-order valence-electron chi connectivity index (χ2n) is 5.35. The number of carbonyl (C=O) groups excluding carboxylic acids is 1. The number of fused-ring (bicyclic) bond motifs is 2. The average molecular weight is 369 g/mol. The fraction of sp³-hybridized carbons (Fsp3) is 0.0556. The van der Waals surface area contributed by atoms with Crippen LogP contribution < -0.4 is 4.80 Å². The standard InChI is InChI=1S/C18H12FN3OS2/c1-2-7-22-14-6-4-12(19)9-16(14)25-18(22)21-17(23)11-3-5-13-15(8-11)24-10-20-13/h2-6,8-10H,1,7H2. The van der Waals surface area contributed by atoms with Gasteiger partial charge in [-0.2, -0.15) is 4.99 Å². The number of thiazole rings is 2. The van der Waals surface area contributed by atoms with E-state index in [1.54, 1.807) is 29.8 Å². The van der Waals surface area contributed by atoms with Crippen molar-refractivity contribution >= 4 is 49.0 Å². The van der Waals surface area contributed by atoms with Crippen LogP contribution in [0.1, 0.15) is 10.4 Å². The third-order valence-corrected chi connectivity index (χ3v) is 5.56. The maximum absolute atomic E-state index is 13.5. The number of carbonyl (C=O) groups is 1. The molecule has 0 bridgehead atoms. The number of hydrogen-bond acceptors (Lipinski definition) is 4. The summed E-state index contributed by atoms with van der Waals surface area (Å²) in [6.45, 7) is 4.24. The number of hydrogen-bond donors (Lipinski definition) is 0. The molecule has 0 aliphatic rings. The minimum Gasteiger partial charge on any atom is -0.312 e. The highest BCUT2D eigenvalue weighted by atomic mass is 32.1. The quantitative estimate of drug-likeness (QED) is 0.503. The molecule has 0 aliphatic carbocycles. The van der Waals surface area contributed by atoms with Gasteiger partial charge in [0, 0.05) is 12.1 Å². The highest BCUT2D eigenvalue weighted by Gasteiger charge is 2.10. The molecule has 0 atom stereocenters. The van der Waals surface area contributed by atoms with Gasteiger partial charge in [0.25, 0.3) is 5.91 Å². The van der Waals surface area contributed by atoms with Crippen LogP contribution in [-0.2, 0) is 6.54 Å². The third kappa shape index (κ3) is 2.92. The Morgan fingerprint density at radius 2 is 2.16 bits per heavy atom. The van der Waals surface area contributed by atoms with Gasteiger partial charge in [-0.15, -0.1) is 17.9 Å². The molecule has 4 rings (SSSR count). The van der Waals surface area contributed by atoms with Gasteiger partial charge in [-0.05, 0) is 36.4 Å². The van der Waals surface area contributed by atoms with Gasteiger partial charge in [0.05, 0.1) is 25.9 Å². The van der Waals surface area contributed by atoms with Gasteiger partial charge in [0.15, 0.2) is 4.80 Å². The molecule has 0 radical (unpaired) electrons. The van der Waals surface area contributed by atoms with E-state index in [1.165, 1.54) is 34.8 Å². The van der Waals surface area contributed by atoms with E-state index in [4.69, 9.17) is 0 Å². The Labute approximate surface area is 150 Å². The lowest BCUT2D eigenvalue weighted by molar-refractivity contribution is 0.0998. The van der Waals surface area contributed by atoms with Crippen molar-refractivity contribution in [1.82, 2.24) is 9.55 Å². The third-order valence-electron chi connectivity index (χ3n) is 3.73. The maximum atomic E-state index is 13.5. The largest absolute Gasteiger partial charge is 0.312 e. The summed E-state index contributed by atoms with van der Waals surface area (Å²) >= 11 is 2.76. The number of aromatic nitrogens is 2. The molecule has 124 valence electrons. The highest BCUT2D eigenvalue weighted by molar-refractivity contribution is 7.17. The SMILES string of the molecule is C=CCn1c(=NC(=O)c2ccc3ncsc3c2)sc2cc(F)ccc21. The predicted molar refractivity (Wildman–Crippen MR) is 99.5 cm³/mol. The van der Waals surface area contributed by atoms with E-state index >= 15 is 0 Å². The minimum atomic E-state index is -0.333. The lowest BCUT2D eigenvalue weighted by atomic mass is 10.2.